The highest BCUT2D eigenvalue weighted by Gasteiger charge is 2.33. The lowest BCUT2D eigenvalue weighted by Gasteiger charge is -2.13. The molecule has 0 unspecified atom stereocenters. The third-order valence-corrected chi connectivity index (χ3v) is 3.45. The van der Waals surface area contributed by atoms with Crippen molar-refractivity contribution in [3.05, 3.63) is 23.4 Å². The highest BCUT2D eigenvalue weighted by Crippen LogP contribution is 2.36. The first-order valence-electron chi connectivity index (χ1n) is 7.20. The Balaban J connectivity index is 2.46. The number of amides is 3. The molecule has 1 heterocycles. The van der Waals surface area contributed by atoms with Crippen LogP contribution in [0.5, 0.6) is 17.2 Å². The Morgan fingerprint density at radius 3 is 2.17 bits per heavy atom. The molecule has 1 aromatic carbocycles. The predicted octanol–water partition coefficient (Wildman–Crippen LogP) is 2.02. The third kappa shape index (κ3) is 3.23. The molecule has 0 aromatic heterocycles. The van der Waals surface area contributed by atoms with Gasteiger partial charge in [-0.05, 0) is 12.5 Å². The van der Waals surface area contributed by atoms with Gasteiger partial charge in [-0.1, -0.05) is 6.92 Å². The SMILES string of the molecule is CCCN1C(=O)N/C(=C/c2c(OC)cc(OC)cc2OC)C1=O. The quantitative estimate of drug-likeness (QED) is 0.641. The van der Waals surface area contributed by atoms with E-state index in [1.165, 1.54) is 26.2 Å². The van der Waals surface area contributed by atoms with Crippen LogP contribution in [-0.4, -0.2) is 44.7 Å². The fraction of sp³-hybridized carbons (Fsp3) is 0.375. The molecule has 1 aliphatic rings. The van der Waals surface area contributed by atoms with E-state index in [-0.39, 0.29) is 11.6 Å². The van der Waals surface area contributed by atoms with Crippen LogP contribution in [0.3, 0.4) is 0 Å². The normalized spacial score (nSPS) is 15.8. The van der Waals surface area contributed by atoms with Crippen molar-refractivity contribution in [1.29, 1.82) is 0 Å². The molecule has 1 aliphatic heterocycles. The number of ether oxygens (including phenoxy) is 3. The molecular formula is C16H20N2O5. The zero-order chi connectivity index (χ0) is 17.0. The van der Waals surface area contributed by atoms with Gasteiger partial charge in [-0.2, -0.15) is 0 Å². The summed E-state index contributed by atoms with van der Waals surface area (Å²) in [5, 5.41) is 2.57. The summed E-state index contributed by atoms with van der Waals surface area (Å²) in [6.45, 7) is 2.27. The van der Waals surface area contributed by atoms with Gasteiger partial charge in [0.05, 0.1) is 26.9 Å². The molecule has 1 aromatic rings. The Bertz CT molecular complexity index is 629. The predicted molar refractivity (Wildman–Crippen MR) is 84.6 cm³/mol. The number of hydrogen-bond donors (Lipinski definition) is 1. The number of imide groups is 1. The number of nitrogens with zero attached hydrogens (tertiary/aromatic N) is 1. The Morgan fingerprint density at radius 1 is 1.09 bits per heavy atom. The van der Waals surface area contributed by atoms with E-state index < -0.39 is 6.03 Å². The third-order valence-electron chi connectivity index (χ3n) is 3.45. The van der Waals surface area contributed by atoms with E-state index in [4.69, 9.17) is 14.2 Å². The average Bonchev–Trinajstić information content (AvgIpc) is 2.82. The van der Waals surface area contributed by atoms with Crippen LogP contribution in [0.4, 0.5) is 4.79 Å². The number of benzene rings is 1. The van der Waals surface area contributed by atoms with Gasteiger partial charge in [0.15, 0.2) is 0 Å². The number of carbonyl (C=O) groups is 2. The van der Waals surface area contributed by atoms with Crippen LogP contribution in [0.25, 0.3) is 6.08 Å². The Labute approximate surface area is 134 Å². The first-order chi connectivity index (χ1) is 11.0. The first kappa shape index (κ1) is 16.7. The van der Waals surface area contributed by atoms with Gasteiger partial charge in [-0.25, -0.2) is 4.79 Å². The van der Waals surface area contributed by atoms with Crippen molar-refractivity contribution >= 4 is 18.0 Å². The Hall–Kier alpha value is -2.70. The van der Waals surface area contributed by atoms with Gasteiger partial charge in [0, 0.05) is 18.7 Å². The lowest BCUT2D eigenvalue weighted by molar-refractivity contribution is -0.122. The standard InChI is InChI=1S/C16H20N2O5/c1-5-6-18-15(19)12(17-16(18)20)9-11-13(22-3)7-10(21-2)8-14(11)23-4/h7-9H,5-6H2,1-4H3,(H,17,20)/b12-9+. The average molecular weight is 320 g/mol. The fourth-order valence-electron chi connectivity index (χ4n) is 2.32. The zero-order valence-electron chi connectivity index (χ0n) is 13.6. The van der Waals surface area contributed by atoms with Crippen LogP contribution in [0.2, 0.25) is 0 Å². The molecular weight excluding hydrogens is 300 g/mol. The summed E-state index contributed by atoms with van der Waals surface area (Å²) in [7, 11) is 4.55. The lowest BCUT2D eigenvalue weighted by Crippen LogP contribution is -2.31. The second-order valence-corrected chi connectivity index (χ2v) is 4.89. The van der Waals surface area contributed by atoms with Crippen LogP contribution in [-0.2, 0) is 4.79 Å². The number of nitrogens with one attached hydrogen (secondary N) is 1. The molecule has 3 amide bonds. The van der Waals surface area contributed by atoms with Gasteiger partial charge >= 0.3 is 6.03 Å². The van der Waals surface area contributed by atoms with Gasteiger partial charge in [0.1, 0.15) is 22.9 Å². The maximum Gasteiger partial charge on any atom is 0.329 e. The zero-order valence-corrected chi connectivity index (χ0v) is 13.6. The van der Waals surface area contributed by atoms with Crippen molar-refractivity contribution in [3.63, 3.8) is 0 Å². The van der Waals surface area contributed by atoms with Crippen molar-refractivity contribution in [1.82, 2.24) is 10.2 Å². The first-order valence-corrected chi connectivity index (χ1v) is 7.20. The van der Waals surface area contributed by atoms with E-state index in [0.717, 1.165) is 0 Å². The Kier molecular flexibility index (Phi) is 5.10. The molecule has 23 heavy (non-hydrogen) atoms. The van der Waals surface area contributed by atoms with Crippen molar-refractivity contribution in [2.45, 2.75) is 13.3 Å². The van der Waals surface area contributed by atoms with E-state index in [0.29, 0.717) is 35.8 Å². The van der Waals surface area contributed by atoms with E-state index in [9.17, 15) is 9.59 Å². The summed E-state index contributed by atoms with van der Waals surface area (Å²) in [6, 6.07) is 2.94. The van der Waals surface area contributed by atoms with Gasteiger partial charge in [0.2, 0.25) is 0 Å². The maximum atomic E-state index is 12.3. The summed E-state index contributed by atoms with van der Waals surface area (Å²) in [5.74, 6) is 1.15. The molecule has 0 radical (unpaired) electrons. The van der Waals surface area contributed by atoms with Crippen LogP contribution >= 0.6 is 0 Å². The monoisotopic (exact) mass is 320 g/mol. The number of urea groups is 1. The lowest BCUT2D eigenvalue weighted by atomic mass is 10.1. The van der Waals surface area contributed by atoms with E-state index in [1.54, 1.807) is 18.2 Å². The van der Waals surface area contributed by atoms with Crippen molar-refractivity contribution in [3.8, 4) is 17.2 Å². The van der Waals surface area contributed by atoms with Crippen LogP contribution in [0.15, 0.2) is 17.8 Å². The summed E-state index contributed by atoms with van der Waals surface area (Å²) < 4.78 is 15.9. The highest BCUT2D eigenvalue weighted by molar-refractivity contribution is 6.14. The second kappa shape index (κ2) is 7.04. The van der Waals surface area contributed by atoms with Crippen LogP contribution < -0.4 is 19.5 Å². The molecule has 0 atom stereocenters. The molecule has 0 saturated carbocycles. The molecule has 7 heteroatoms. The number of methoxy groups -OCH3 is 3. The van der Waals surface area contributed by atoms with E-state index >= 15 is 0 Å². The van der Waals surface area contributed by atoms with Gasteiger partial charge < -0.3 is 19.5 Å². The highest BCUT2D eigenvalue weighted by atomic mass is 16.5. The van der Waals surface area contributed by atoms with E-state index in [2.05, 4.69) is 5.32 Å². The van der Waals surface area contributed by atoms with Crippen molar-refractivity contribution < 1.29 is 23.8 Å². The minimum atomic E-state index is -0.422. The molecule has 1 saturated heterocycles. The van der Waals surface area contributed by atoms with Gasteiger partial charge in [0.25, 0.3) is 5.91 Å². The number of rotatable bonds is 6. The summed E-state index contributed by atoms with van der Waals surface area (Å²) in [5.41, 5.74) is 0.739. The van der Waals surface area contributed by atoms with Crippen molar-refractivity contribution in [2.75, 3.05) is 27.9 Å². The molecule has 1 fully saturated rings. The van der Waals surface area contributed by atoms with Gasteiger partial charge in [-0.3, -0.25) is 9.69 Å². The minimum absolute atomic E-state index is 0.185. The molecule has 0 spiro atoms. The van der Waals surface area contributed by atoms with Gasteiger partial charge in [-0.15, -0.1) is 0 Å². The molecule has 0 bridgehead atoms. The molecule has 124 valence electrons. The number of carbonyl (C=O) groups excluding carboxylic acids is 2. The summed E-state index contributed by atoms with van der Waals surface area (Å²) in [6.07, 6.45) is 2.24. The minimum Gasteiger partial charge on any atom is -0.496 e. The van der Waals surface area contributed by atoms with E-state index in [1.807, 2.05) is 6.92 Å². The molecule has 7 nitrogen and oxygen atoms in total. The Morgan fingerprint density at radius 2 is 1.70 bits per heavy atom. The fourth-order valence-corrected chi connectivity index (χ4v) is 2.32. The molecule has 2 rings (SSSR count). The smallest absolute Gasteiger partial charge is 0.329 e. The summed E-state index contributed by atoms with van der Waals surface area (Å²) >= 11 is 0. The molecule has 0 aliphatic carbocycles. The molecule has 1 N–H and O–H groups in total. The largest absolute Gasteiger partial charge is 0.496 e. The second-order valence-electron chi connectivity index (χ2n) is 4.89. The number of hydrogen-bond acceptors (Lipinski definition) is 5. The van der Waals surface area contributed by atoms with Crippen molar-refractivity contribution in [2.24, 2.45) is 0 Å². The summed E-state index contributed by atoms with van der Waals surface area (Å²) in [4.78, 5) is 25.3. The van der Waals surface area contributed by atoms with Crippen LogP contribution in [0.1, 0.15) is 18.9 Å². The van der Waals surface area contributed by atoms with Crippen LogP contribution in [0, 0.1) is 0 Å². The topological polar surface area (TPSA) is 77.1 Å². The maximum absolute atomic E-state index is 12.3.